The Kier molecular flexibility index (Phi) is 4.35. The van der Waals surface area contributed by atoms with Crippen LogP contribution in [0.3, 0.4) is 0 Å². The normalized spacial score (nSPS) is 14.1. The molecule has 0 fully saturated rings. The van der Waals surface area contributed by atoms with Crippen molar-refractivity contribution in [1.82, 2.24) is 9.78 Å². The van der Waals surface area contributed by atoms with Crippen molar-refractivity contribution in [3.05, 3.63) is 18.0 Å². The van der Waals surface area contributed by atoms with Crippen molar-refractivity contribution in [2.45, 2.75) is 44.9 Å². The fourth-order valence-corrected chi connectivity index (χ4v) is 1.37. The maximum atomic E-state index is 12.2. The van der Waals surface area contributed by atoms with E-state index in [1.807, 2.05) is 6.92 Å². The Balaban J connectivity index is 2.36. The molecule has 1 unspecified atom stereocenters. The molecule has 0 radical (unpaired) electrons. The smallest absolute Gasteiger partial charge is 0.328 e. The van der Waals surface area contributed by atoms with Gasteiger partial charge in [0.25, 0.3) is 0 Å². The van der Waals surface area contributed by atoms with Crippen LogP contribution in [-0.2, 0) is 12.7 Å². The first-order valence-electron chi connectivity index (χ1n) is 5.25. The van der Waals surface area contributed by atoms with Gasteiger partial charge in [0.1, 0.15) is 0 Å². The van der Waals surface area contributed by atoms with Gasteiger partial charge in [-0.15, -0.1) is 0 Å². The highest BCUT2D eigenvalue weighted by atomic mass is 19.4. The zero-order valence-corrected chi connectivity index (χ0v) is 9.17. The van der Waals surface area contributed by atoms with Crippen molar-refractivity contribution in [3.63, 3.8) is 0 Å². The molecule has 1 heterocycles. The number of hydrogen-bond acceptors (Lipinski definition) is 2. The maximum absolute atomic E-state index is 12.2. The van der Waals surface area contributed by atoms with Crippen LogP contribution in [0, 0.1) is 0 Å². The number of nitrogens with zero attached hydrogens (tertiary/aromatic N) is 2. The van der Waals surface area contributed by atoms with E-state index in [1.165, 1.54) is 4.68 Å². The molecule has 0 aliphatic carbocycles. The first-order chi connectivity index (χ1) is 7.39. The number of alkyl halides is 3. The van der Waals surface area contributed by atoms with Gasteiger partial charge in [0.15, 0.2) is 0 Å². The summed E-state index contributed by atoms with van der Waals surface area (Å²) in [5, 5.41) is 3.66. The third-order valence-corrected chi connectivity index (χ3v) is 2.26. The van der Waals surface area contributed by atoms with Gasteiger partial charge < -0.3 is 5.73 Å². The van der Waals surface area contributed by atoms with Gasteiger partial charge in [-0.1, -0.05) is 6.42 Å². The monoisotopic (exact) mass is 235 g/mol. The minimum atomic E-state index is -4.30. The van der Waals surface area contributed by atoms with Crippen molar-refractivity contribution in [3.8, 4) is 0 Å². The Morgan fingerprint density at radius 1 is 1.44 bits per heavy atom. The molecule has 0 aliphatic heterocycles. The second kappa shape index (κ2) is 5.34. The molecular weight excluding hydrogens is 219 g/mol. The molecule has 16 heavy (non-hydrogen) atoms. The molecule has 0 aromatic carbocycles. The SMILES string of the molecule is CC(N)CCCCn1cc(C(F)(F)F)cn1. The Labute approximate surface area is 92.4 Å². The summed E-state index contributed by atoms with van der Waals surface area (Å²) < 4.78 is 38.0. The van der Waals surface area contributed by atoms with Crippen LogP contribution in [0.5, 0.6) is 0 Å². The first-order valence-corrected chi connectivity index (χ1v) is 5.25. The van der Waals surface area contributed by atoms with E-state index < -0.39 is 11.7 Å². The van der Waals surface area contributed by atoms with Crippen molar-refractivity contribution in [2.75, 3.05) is 0 Å². The zero-order chi connectivity index (χ0) is 12.2. The maximum Gasteiger partial charge on any atom is 0.419 e. The zero-order valence-electron chi connectivity index (χ0n) is 9.17. The summed E-state index contributed by atoms with van der Waals surface area (Å²) in [6.07, 6.45) is 0.161. The van der Waals surface area contributed by atoms with Crippen molar-refractivity contribution in [1.29, 1.82) is 0 Å². The quantitative estimate of drug-likeness (QED) is 0.796. The molecule has 1 aromatic rings. The summed E-state index contributed by atoms with van der Waals surface area (Å²) in [7, 11) is 0. The second-order valence-electron chi connectivity index (χ2n) is 3.96. The molecule has 0 bridgehead atoms. The fraction of sp³-hybridized carbons (Fsp3) is 0.700. The molecule has 1 rings (SSSR count). The summed E-state index contributed by atoms with van der Waals surface area (Å²) in [5.74, 6) is 0. The highest BCUT2D eigenvalue weighted by molar-refractivity contribution is 5.08. The van der Waals surface area contributed by atoms with Gasteiger partial charge in [-0.3, -0.25) is 4.68 Å². The van der Waals surface area contributed by atoms with Crippen molar-refractivity contribution in [2.24, 2.45) is 5.73 Å². The molecule has 6 heteroatoms. The second-order valence-corrected chi connectivity index (χ2v) is 3.96. The Bertz CT molecular complexity index is 317. The molecule has 3 nitrogen and oxygen atoms in total. The van der Waals surface area contributed by atoms with Crippen LogP contribution in [0.2, 0.25) is 0 Å². The number of halogens is 3. The standard InChI is InChI=1S/C10H16F3N3/c1-8(14)4-2-3-5-16-7-9(6-15-16)10(11,12)13/h6-8H,2-5,14H2,1H3. The lowest BCUT2D eigenvalue weighted by Crippen LogP contribution is -2.14. The van der Waals surface area contributed by atoms with E-state index in [0.29, 0.717) is 6.54 Å². The molecule has 1 aromatic heterocycles. The number of rotatable bonds is 5. The van der Waals surface area contributed by atoms with Crippen LogP contribution in [-0.4, -0.2) is 15.8 Å². The van der Waals surface area contributed by atoms with E-state index in [4.69, 9.17) is 5.73 Å². The first kappa shape index (κ1) is 13.0. The van der Waals surface area contributed by atoms with E-state index in [0.717, 1.165) is 31.7 Å². The van der Waals surface area contributed by atoms with E-state index >= 15 is 0 Å². The van der Waals surface area contributed by atoms with Crippen molar-refractivity contribution < 1.29 is 13.2 Å². The van der Waals surface area contributed by atoms with Crippen LogP contribution in [0.25, 0.3) is 0 Å². The Morgan fingerprint density at radius 3 is 2.62 bits per heavy atom. The fourth-order valence-electron chi connectivity index (χ4n) is 1.37. The van der Waals surface area contributed by atoms with Gasteiger partial charge in [0.2, 0.25) is 0 Å². The van der Waals surface area contributed by atoms with Gasteiger partial charge >= 0.3 is 6.18 Å². The van der Waals surface area contributed by atoms with E-state index in [1.54, 1.807) is 0 Å². The van der Waals surface area contributed by atoms with E-state index in [9.17, 15) is 13.2 Å². The van der Waals surface area contributed by atoms with Crippen LogP contribution < -0.4 is 5.73 Å². The number of unbranched alkanes of at least 4 members (excludes halogenated alkanes) is 1. The lowest BCUT2D eigenvalue weighted by atomic mass is 10.1. The minimum Gasteiger partial charge on any atom is -0.328 e. The predicted octanol–water partition coefficient (Wildman–Crippen LogP) is 2.42. The molecule has 0 saturated heterocycles. The topological polar surface area (TPSA) is 43.8 Å². The molecule has 1 atom stereocenters. The van der Waals surface area contributed by atoms with Gasteiger partial charge in [0.05, 0.1) is 11.8 Å². The van der Waals surface area contributed by atoms with Gasteiger partial charge in [-0.25, -0.2) is 0 Å². The Morgan fingerprint density at radius 2 is 2.12 bits per heavy atom. The van der Waals surface area contributed by atoms with Crippen LogP contribution in [0.4, 0.5) is 13.2 Å². The van der Waals surface area contributed by atoms with Gasteiger partial charge in [0, 0.05) is 18.8 Å². The summed E-state index contributed by atoms with van der Waals surface area (Å²) in [4.78, 5) is 0. The lowest BCUT2D eigenvalue weighted by molar-refractivity contribution is -0.137. The number of hydrogen-bond donors (Lipinski definition) is 1. The molecule has 0 spiro atoms. The molecule has 0 amide bonds. The average molecular weight is 235 g/mol. The summed E-state index contributed by atoms with van der Waals surface area (Å²) in [5.41, 5.74) is 4.87. The summed E-state index contributed by atoms with van der Waals surface area (Å²) in [6, 6.07) is 0.142. The predicted molar refractivity (Wildman–Crippen MR) is 54.7 cm³/mol. The molecular formula is C10H16F3N3. The molecule has 0 aliphatic rings. The highest BCUT2D eigenvalue weighted by Gasteiger charge is 2.31. The van der Waals surface area contributed by atoms with E-state index in [2.05, 4.69) is 5.10 Å². The van der Waals surface area contributed by atoms with Crippen molar-refractivity contribution >= 4 is 0 Å². The molecule has 92 valence electrons. The summed E-state index contributed by atoms with van der Waals surface area (Å²) in [6.45, 7) is 2.42. The van der Waals surface area contributed by atoms with Crippen LogP contribution in [0.1, 0.15) is 31.7 Å². The highest BCUT2D eigenvalue weighted by Crippen LogP contribution is 2.28. The van der Waals surface area contributed by atoms with Gasteiger partial charge in [-0.2, -0.15) is 18.3 Å². The Hall–Kier alpha value is -1.04. The lowest BCUT2D eigenvalue weighted by Gasteiger charge is -2.04. The third kappa shape index (κ3) is 4.22. The third-order valence-electron chi connectivity index (χ3n) is 2.26. The number of aryl methyl sites for hydroxylation is 1. The summed E-state index contributed by atoms with van der Waals surface area (Å²) >= 11 is 0. The molecule has 0 saturated carbocycles. The average Bonchev–Trinajstić information content (AvgIpc) is 2.59. The van der Waals surface area contributed by atoms with Crippen LogP contribution >= 0.6 is 0 Å². The van der Waals surface area contributed by atoms with E-state index in [-0.39, 0.29) is 6.04 Å². The van der Waals surface area contributed by atoms with Crippen LogP contribution in [0.15, 0.2) is 12.4 Å². The minimum absolute atomic E-state index is 0.142. The number of nitrogens with two attached hydrogens (primary N) is 1. The largest absolute Gasteiger partial charge is 0.419 e. The van der Waals surface area contributed by atoms with Gasteiger partial charge in [-0.05, 0) is 19.8 Å². The molecule has 2 N–H and O–H groups in total. The number of aromatic nitrogens is 2.